The van der Waals surface area contributed by atoms with Crippen LogP contribution in [0, 0.1) is 11.6 Å². The van der Waals surface area contributed by atoms with E-state index >= 15 is 0 Å². The average Bonchev–Trinajstić information content (AvgIpc) is 2.39. The summed E-state index contributed by atoms with van der Waals surface area (Å²) in [7, 11) is 3.89. The highest BCUT2D eigenvalue weighted by Gasteiger charge is 2.24. The number of benzene rings is 1. The molecule has 5 heteroatoms. The minimum Gasteiger partial charge on any atom is -0.314 e. The summed E-state index contributed by atoms with van der Waals surface area (Å²) in [6.07, 6.45) is 0.794. The molecule has 2 N–H and O–H groups in total. The van der Waals surface area contributed by atoms with Gasteiger partial charge in [-0.05, 0) is 26.6 Å². The predicted molar refractivity (Wildman–Crippen MR) is 72.1 cm³/mol. The zero-order valence-electron chi connectivity index (χ0n) is 11.4. The van der Waals surface area contributed by atoms with Crippen molar-refractivity contribution in [1.82, 2.24) is 15.5 Å². The first-order valence-electron chi connectivity index (χ1n) is 6.65. The van der Waals surface area contributed by atoms with Gasteiger partial charge in [0.25, 0.3) is 0 Å². The van der Waals surface area contributed by atoms with E-state index in [9.17, 15) is 8.78 Å². The highest BCUT2D eigenvalue weighted by molar-refractivity contribution is 5.22. The van der Waals surface area contributed by atoms with Gasteiger partial charge in [0.1, 0.15) is 11.6 Å². The van der Waals surface area contributed by atoms with E-state index in [0.717, 1.165) is 32.1 Å². The summed E-state index contributed by atoms with van der Waals surface area (Å²) in [5.41, 5.74) is 0.530. The lowest BCUT2D eigenvalue weighted by Gasteiger charge is -2.35. The third-order valence-corrected chi connectivity index (χ3v) is 3.84. The van der Waals surface area contributed by atoms with Crippen LogP contribution >= 0.6 is 0 Å². The van der Waals surface area contributed by atoms with Crippen molar-refractivity contribution in [3.8, 4) is 0 Å². The molecule has 1 aliphatic heterocycles. The predicted octanol–water partition coefficient (Wildman–Crippen LogP) is 1.52. The molecule has 0 aliphatic carbocycles. The minimum absolute atomic E-state index is 0.104. The van der Waals surface area contributed by atoms with E-state index in [2.05, 4.69) is 22.6 Å². The van der Waals surface area contributed by atoms with Crippen molar-refractivity contribution in [1.29, 1.82) is 0 Å². The standard InChI is InChI=1S/C14H21F2N3/c1-17-14(8-11-9-18-5-6-19(11)2)12-4-3-10(15)7-13(12)16/h3-4,7,11,14,17-18H,5-6,8-9H2,1-2H3. The van der Waals surface area contributed by atoms with Crippen LogP contribution < -0.4 is 10.6 Å². The van der Waals surface area contributed by atoms with Crippen LogP contribution in [0.1, 0.15) is 18.0 Å². The lowest BCUT2D eigenvalue weighted by Crippen LogP contribution is -2.50. The largest absolute Gasteiger partial charge is 0.314 e. The van der Waals surface area contributed by atoms with Crippen molar-refractivity contribution in [3.05, 3.63) is 35.4 Å². The Balaban J connectivity index is 2.10. The van der Waals surface area contributed by atoms with Crippen LogP contribution in [0.2, 0.25) is 0 Å². The minimum atomic E-state index is -0.535. The second-order valence-corrected chi connectivity index (χ2v) is 5.08. The first-order chi connectivity index (χ1) is 9.11. The van der Waals surface area contributed by atoms with Crippen molar-refractivity contribution < 1.29 is 8.78 Å². The lowest BCUT2D eigenvalue weighted by atomic mass is 9.97. The number of rotatable bonds is 4. The number of nitrogens with one attached hydrogen (secondary N) is 2. The SMILES string of the molecule is CNC(CC1CNCCN1C)c1ccc(F)cc1F. The summed E-state index contributed by atoms with van der Waals surface area (Å²) < 4.78 is 26.8. The summed E-state index contributed by atoms with van der Waals surface area (Å²) in [5.74, 6) is -1.02. The molecular formula is C14H21F2N3. The molecule has 0 bridgehead atoms. The van der Waals surface area contributed by atoms with E-state index < -0.39 is 11.6 Å². The van der Waals surface area contributed by atoms with Crippen LogP contribution in [-0.2, 0) is 0 Å². The normalized spacial score (nSPS) is 22.4. The summed E-state index contributed by atoms with van der Waals surface area (Å²) in [4.78, 5) is 2.28. The Morgan fingerprint density at radius 2 is 2.26 bits per heavy atom. The van der Waals surface area contributed by atoms with Crippen LogP contribution in [0.15, 0.2) is 18.2 Å². The molecule has 19 heavy (non-hydrogen) atoms. The number of likely N-dealkylation sites (N-methyl/N-ethyl adjacent to an activating group) is 1. The Labute approximate surface area is 113 Å². The Kier molecular flexibility index (Phi) is 4.85. The molecule has 3 nitrogen and oxygen atoms in total. The average molecular weight is 269 g/mol. The molecule has 0 radical (unpaired) electrons. The van der Waals surface area contributed by atoms with Crippen LogP contribution in [0.25, 0.3) is 0 Å². The van der Waals surface area contributed by atoms with Gasteiger partial charge in [0.2, 0.25) is 0 Å². The maximum Gasteiger partial charge on any atom is 0.130 e. The van der Waals surface area contributed by atoms with Gasteiger partial charge in [0.05, 0.1) is 0 Å². The molecule has 1 aromatic carbocycles. The Morgan fingerprint density at radius 1 is 1.47 bits per heavy atom. The van der Waals surface area contributed by atoms with Gasteiger partial charge in [-0.15, -0.1) is 0 Å². The van der Waals surface area contributed by atoms with Gasteiger partial charge in [-0.1, -0.05) is 6.07 Å². The molecule has 0 amide bonds. The lowest BCUT2D eigenvalue weighted by molar-refractivity contribution is 0.177. The number of nitrogens with zero attached hydrogens (tertiary/aromatic N) is 1. The van der Waals surface area contributed by atoms with E-state index in [4.69, 9.17) is 0 Å². The Hall–Kier alpha value is -1.04. The van der Waals surface area contributed by atoms with Crippen LogP contribution in [-0.4, -0.2) is 44.7 Å². The number of piperazine rings is 1. The molecule has 1 saturated heterocycles. The molecule has 0 aromatic heterocycles. The van der Waals surface area contributed by atoms with Crippen molar-refractivity contribution >= 4 is 0 Å². The van der Waals surface area contributed by atoms with Crippen molar-refractivity contribution in [2.24, 2.45) is 0 Å². The van der Waals surface area contributed by atoms with Gasteiger partial charge in [0, 0.05) is 43.3 Å². The highest BCUT2D eigenvalue weighted by atomic mass is 19.1. The summed E-state index contributed by atoms with van der Waals surface area (Å²) >= 11 is 0. The van der Waals surface area contributed by atoms with Gasteiger partial charge in [0.15, 0.2) is 0 Å². The summed E-state index contributed by atoms with van der Waals surface area (Å²) in [6, 6.07) is 4.04. The molecule has 1 fully saturated rings. The second-order valence-electron chi connectivity index (χ2n) is 5.08. The first-order valence-corrected chi connectivity index (χ1v) is 6.65. The molecule has 2 unspecified atom stereocenters. The van der Waals surface area contributed by atoms with Crippen molar-refractivity contribution in [2.75, 3.05) is 33.7 Å². The van der Waals surface area contributed by atoms with E-state index in [0.29, 0.717) is 11.6 Å². The third-order valence-electron chi connectivity index (χ3n) is 3.84. The Morgan fingerprint density at radius 3 is 2.89 bits per heavy atom. The van der Waals surface area contributed by atoms with Crippen LogP contribution in [0.5, 0.6) is 0 Å². The zero-order valence-corrected chi connectivity index (χ0v) is 11.4. The van der Waals surface area contributed by atoms with Gasteiger partial charge in [-0.25, -0.2) is 8.78 Å². The monoisotopic (exact) mass is 269 g/mol. The fourth-order valence-corrected chi connectivity index (χ4v) is 2.58. The Bertz CT molecular complexity index is 425. The fourth-order valence-electron chi connectivity index (χ4n) is 2.58. The first kappa shape index (κ1) is 14.4. The molecule has 1 aromatic rings. The maximum atomic E-state index is 13.8. The van der Waals surface area contributed by atoms with Gasteiger partial charge >= 0.3 is 0 Å². The molecular weight excluding hydrogens is 248 g/mol. The molecule has 0 spiro atoms. The zero-order chi connectivity index (χ0) is 13.8. The molecule has 0 saturated carbocycles. The van der Waals surface area contributed by atoms with Crippen molar-refractivity contribution in [3.63, 3.8) is 0 Å². The second kappa shape index (κ2) is 6.41. The number of hydrogen-bond acceptors (Lipinski definition) is 3. The molecule has 2 atom stereocenters. The van der Waals surface area contributed by atoms with E-state index in [1.54, 1.807) is 0 Å². The topological polar surface area (TPSA) is 27.3 Å². The summed E-state index contributed by atoms with van der Waals surface area (Å²) in [6.45, 7) is 2.88. The summed E-state index contributed by atoms with van der Waals surface area (Å²) in [5, 5.41) is 6.48. The van der Waals surface area contributed by atoms with Gasteiger partial charge in [-0.3, -0.25) is 0 Å². The third kappa shape index (κ3) is 3.49. The van der Waals surface area contributed by atoms with E-state index in [-0.39, 0.29) is 6.04 Å². The van der Waals surface area contributed by atoms with Crippen LogP contribution in [0.3, 0.4) is 0 Å². The van der Waals surface area contributed by atoms with Gasteiger partial charge < -0.3 is 15.5 Å². The van der Waals surface area contributed by atoms with Crippen molar-refractivity contribution in [2.45, 2.75) is 18.5 Å². The van der Waals surface area contributed by atoms with E-state index in [1.807, 2.05) is 7.05 Å². The van der Waals surface area contributed by atoms with E-state index in [1.165, 1.54) is 12.1 Å². The van der Waals surface area contributed by atoms with Crippen LogP contribution in [0.4, 0.5) is 8.78 Å². The number of hydrogen-bond donors (Lipinski definition) is 2. The molecule has 2 rings (SSSR count). The molecule has 106 valence electrons. The maximum absolute atomic E-state index is 13.8. The smallest absolute Gasteiger partial charge is 0.130 e. The highest BCUT2D eigenvalue weighted by Crippen LogP contribution is 2.23. The quantitative estimate of drug-likeness (QED) is 0.868. The number of halogens is 2. The molecule has 1 aliphatic rings. The fraction of sp³-hybridized carbons (Fsp3) is 0.571. The molecule has 1 heterocycles. The van der Waals surface area contributed by atoms with Gasteiger partial charge in [-0.2, -0.15) is 0 Å².